The molecule has 0 fully saturated rings. The molecule has 608 valence electrons. The lowest BCUT2D eigenvalue weighted by atomic mass is 10.0. The molecule has 0 spiro atoms. The molecule has 0 aliphatic rings. The monoisotopic (exact) mass is 1670 g/mol. The second kappa shape index (κ2) is 28.3. The van der Waals surface area contributed by atoms with Gasteiger partial charge in [0.1, 0.15) is 33.5 Å². The van der Waals surface area contributed by atoms with Gasteiger partial charge >= 0.3 is 0 Å². The molecule has 20 aromatic carbocycles. The Hall–Kier alpha value is -17.9. The molecular weight excluding hydrogens is 1610 g/mol. The van der Waals surface area contributed by atoms with Crippen molar-refractivity contribution in [3.63, 3.8) is 0 Å². The highest BCUT2D eigenvalue weighted by atomic mass is 16.3. The summed E-state index contributed by atoms with van der Waals surface area (Å²) in [5.74, 6) is 3.38. The molecule has 0 amide bonds. The molecule has 9 heterocycles. The summed E-state index contributed by atoms with van der Waals surface area (Å²) in [7, 11) is 0. The third-order valence-electron chi connectivity index (χ3n) is 26.5. The molecule has 131 heavy (non-hydrogen) atoms. The van der Waals surface area contributed by atoms with Gasteiger partial charge < -0.3 is 31.4 Å². The van der Waals surface area contributed by atoms with Crippen molar-refractivity contribution in [3.8, 4) is 85.4 Å². The summed E-state index contributed by atoms with van der Waals surface area (Å²) in [6.45, 7) is 0. The molecule has 0 N–H and O–H groups in total. The highest BCUT2D eigenvalue weighted by Gasteiger charge is 2.29. The van der Waals surface area contributed by atoms with Gasteiger partial charge in [-0.2, -0.15) is 0 Å². The van der Waals surface area contributed by atoms with Crippen molar-refractivity contribution in [2.45, 2.75) is 0 Å². The summed E-state index contributed by atoms with van der Waals surface area (Å²) in [5, 5.41) is 24.6. The fourth-order valence-electron chi connectivity index (χ4n) is 20.6. The van der Waals surface area contributed by atoms with E-state index in [1.54, 1.807) is 0 Å². The van der Waals surface area contributed by atoms with E-state index in [9.17, 15) is 0 Å². The first-order valence-electron chi connectivity index (χ1n) is 44.0. The van der Waals surface area contributed by atoms with Crippen molar-refractivity contribution in [3.05, 3.63) is 406 Å². The van der Waals surface area contributed by atoms with Crippen molar-refractivity contribution >= 4 is 196 Å². The fraction of sp³-hybridized carbons (Fsp3) is 0. The van der Waals surface area contributed by atoms with E-state index in [1.807, 2.05) is 103 Å². The lowest BCUT2D eigenvalue weighted by molar-refractivity contribution is 0.666. The number of aromatic nitrogens is 9. The van der Waals surface area contributed by atoms with Crippen LogP contribution in [0.5, 0.6) is 0 Å². The second-order valence-corrected chi connectivity index (χ2v) is 33.9. The normalized spacial score (nSPS) is 12.1. The number of benzene rings is 20. The van der Waals surface area contributed by atoms with Crippen LogP contribution in [0.15, 0.2) is 424 Å². The molecule has 0 unspecified atom stereocenters. The molecular formula is C118H67N9O4. The van der Waals surface area contributed by atoms with Crippen LogP contribution in [-0.4, -0.2) is 43.6 Å². The SMILES string of the molecule is c1ccc(-c2nc(-c3ccc4c5ccccc5n(-c5ccccc5)c4c3)nc(-c3ccc(-n4c5cc6ccccc6cc5c5ccc6ccccc6c54)c4oc5ccccc5c34)n2)cc1.c1ccc2cc3c(cc2c1)c1c2ccccc2ccc1n3-c1ccc(-c2nc(-c3ccc4oc5ccccc5c4c3)nc(-c3ccc4oc5ccccc5c4c3)n2)c2c1oc1ccccc12. The quantitative estimate of drug-likeness (QED) is 0.137. The maximum Gasteiger partial charge on any atom is 0.164 e. The van der Waals surface area contributed by atoms with Gasteiger partial charge in [-0.05, 0) is 177 Å². The van der Waals surface area contributed by atoms with E-state index in [0.717, 1.165) is 171 Å². The van der Waals surface area contributed by atoms with Gasteiger partial charge in [-0.1, -0.05) is 267 Å². The van der Waals surface area contributed by atoms with E-state index < -0.39 is 0 Å². The Morgan fingerprint density at radius 1 is 0.176 bits per heavy atom. The Morgan fingerprint density at radius 3 is 1.15 bits per heavy atom. The highest BCUT2D eigenvalue weighted by molar-refractivity contribution is 6.26. The van der Waals surface area contributed by atoms with Crippen LogP contribution < -0.4 is 0 Å². The predicted molar refractivity (Wildman–Crippen MR) is 534 cm³/mol. The molecule has 29 aromatic rings. The van der Waals surface area contributed by atoms with Crippen molar-refractivity contribution in [2.24, 2.45) is 0 Å². The average Bonchev–Trinajstić information content (AvgIpc) is 1.55. The summed E-state index contributed by atoms with van der Waals surface area (Å²) in [6.07, 6.45) is 0. The molecule has 29 rings (SSSR count). The van der Waals surface area contributed by atoms with Gasteiger partial charge in [0.25, 0.3) is 0 Å². The van der Waals surface area contributed by atoms with Crippen molar-refractivity contribution in [2.75, 3.05) is 0 Å². The molecule has 0 radical (unpaired) electrons. The van der Waals surface area contributed by atoms with Crippen molar-refractivity contribution < 1.29 is 17.7 Å². The highest BCUT2D eigenvalue weighted by Crippen LogP contribution is 2.49. The third kappa shape index (κ3) is 11.2. The molecule has 0 saturated heterocycles. The Labute approximate surface area is 744 Å². The van der Waals surface area contributed by atoms with Crippen LogP contribution in [-0.2, 0) is 0 Å². The third-order valence-corrected chi connectivity index (χ3v) is 26.5. The summed E-state index contributed by atoms with van der Waals surface area (Å²) in [5.41, 5.74) is 21.2. The second-order valence-electron chi connectivity index (χ2n) is 33.9. The minimum absolute atomic E-state index is 0.534. The molecule has 0 aliphatic carbocycles. The van der Waals surface area contributed by atoms with Crippen molar-refractivity contribution in [1.29, 1.82) is 0 Å². The average molecular weight is 1670 g/mol. The van der Waals surface area contributed by atoms with Gasteiger partial charge in [-0.25, -0.2) is 29.9 Å². The van der Waals surface area contributed by atoms with Crippen molar-refractivity contribution in [1.82, 2.24) is 43.6 Å². The molecule has 0 bridgehead atoms. The minimum Gasteiger partial charge on any atom is -0.456 e. The molecule has 13 heteroatoms. The number of para-hydroxylation sites is 6. The predicted octanol–water partition coefficient (Wildman–Crippen LogP) is 31.2. The lowest BCUT2D eigenvalue weighted by Gasteiger charge is -2.14. The van der Waals surface area contributed by atoms with Crippen LogP contribution in [0, 0.1) is 0 Å². The van der Waals surface area contributed by atoms with E-state index in [4.69, 9.17) is 47.6 Å². The standard InChI is InChI=1S/C59H35N5O.C59H32N4O3/c1-3-16-37(17-4-1)57-60-58(40-28-29-44-43-23-11-13-25-49(43)63(51(44)35-40)41-20-5-2-6-21-41)62-59(61-57)47-31-32-50(56-54(47)46-24-12-14-26-53(46)65-56)64-52-34-39-19-8-7-18-38(39)33-48(52)45-30-27-36-15-9-10-22-42(36)55(45)64;1-2-13-35-32-48-45(29-34(35)12-1)54-38-14-4-3-11-33(38)21-25-46(54)63(48)47-26-24-42(55-41-17-7-10-20-51(41)66-56(47)55)59-61-57(36-22-27-52-43(30-36)39-15-5-8-18-49(39)64-52)60-58(62-59)37-23-28-53-44(31-37)40-16-6-9-19-50(40)65-53/h1-35H;1-32H. The van der Waals surface area contributed by atoms with Gasteiger partial charge in [-0.3, -0.25) is 0 Å². The number of hydrogen-bond acceptors (Lipinski definition) is 10. The van der Waals surface area contributed by atoms with Crippen LogP contribution in [0.3, 0.4) is 0 Å². The molecule has 0 aliphatic heterocycles. The summed E-state index contributed by atoms with van der Waals surface area (Å²) >= 11 is 0. The zero-order chi connectivity index (χ0) is 85.6. The first kappa shape index (κ1) is 72.4. The van der Waals surface area contributed by atoms with E-state index in [1.165, 1.54) is 75.4 Å². The zero-order valence-corrected chi connectivity index (χ0v) is 69.8. The van der Waals surface area contributed by atoms with Crippen LogP contribution in [0.4, 0.5) is 0 Å². The molecule has 0 atom stereocenters. The number of hydrogen-bond donors (Lipinski definition) is 0. The zero-order valence-electron chi connectivity index (χ0n) is 69.8. The molecule has 9 aromatic heterocycles. The van der Waals surface area contributed by atoms with E-state index in [0.29, 0.717) is 34.9 Å². The van der Waals surface area contributed by atoms with E-state index in [-0.39, 0.29) is 0 Å². The Kier molecular flexibility index (Phi) is 15.6. The van der Waals surface area contributed by atoms with Gasteiger partial charge in [0, 0.05) is 120 Å². The number of rotatable bonds is 9. The summed E-state index contributed by atoms with van der Waals surface area (Å²) in [4.78, 5) is 31.8. The van der Waals surface area contributed by atoms with E-state index >= 15 is 0 Å². The van der Waals surface area contributed by atoms with Crippen LogP contribution in [0.25, 0.3) is 282 Å². The number of furan rings is 4. The maximum absolute atomic E-state index is 7.03. The van der Waals surface area contributed by atoms with Gasteiger partial charge in [0.15, 0.2) is 46.1 Å². The first-order chi connectivity index (χ1) is 64.9. The maximum atomic E-state index is 7.03. The smallest absolute Gasteiger partial charge is 0.164 e. The summed E-state index contributed by atoms with van der Waals surface area (Å²) in [6, 6.07) is 142. The van der Waals surface area contributed by atoms with E-state index in [2.05, 4.69) is 317 Å². The molecule has 13 nitrogen and oxygen atoms in total. The Bertz CT molecular complexity index is 9790. The van der Waals surface area contributed by atoms with Crippen LogP contribution >= 0.6 is 0 Å². The lowest BCUT2D eigenvalue weighted by Crippen LogP contribution is -2.02. The largest absolute Gasteiger partial charge is 0.456 e. The number of nitrogens with zero attached hydrogens (tertiary/aromatic N) is 9. The minimum atomic E-state index is 0.534. The van der Waals surface area contributed by atoms with Gasteiger partial charge in [0.2, 0.25) is 0 Å². The van der Waals surface area contributed by atoms with Crippen LogP contribution in [0.1, 0.15) is 0 Å². The summed E-state index contributed by atoms with van der Waals surface area (Å²) < 4.78 is 33.6. The topological polar surface area (TPSA) is 145 Å². The van der Waals surface area contributed by atoms with Crippen LogP contribution in [0.2, 0.25) is 0 Å². The molecule has 0 saturated carbocycles. The fourth-order valence-corrected chi connectivity index (χ4v) is 20.6. The Morgan fingerprint density at radius 2 is 0.565 bits per heavy atom. The Balaban J connectivity index is 0.000000131. The first-order valence-corrected chi connectivity index (χ1v) is 44.0. The van der Waals surface area contributed by atoms with Gasteiger partial charge in [0.05, 0.1) is 44.5 Å². The van der Waals surface area contributed by atoms with Gasteiger partial charge in [-0.15, -0.1) is 0 Å². The number of fused-ring (bicyclic) bond motifs is 27.